The lowest BCUT2D eigenvalue weighted by Gasteiger charge is -2.12. The van der Waals surface area contributed by atoms with Crippen molar-refractivity contribution in [3.05, 3.63) is 58.6 Å². The van der Waals surface area contributed by atoms with E-state index in [0.29, 0.717) is 22.9 Å². The summed E-state index contributed by atoms with van der Waals surface area (Å²) in [6.45, 7) is 0.366. The minimum absolute atomic E-state index is 0.240. The van der Waals surface area contributed by atoms with Crippen LogP contribution in [0.3, 0.4) is 0 Å². The molecule has 0 aliphatic carbocycles. The number of hydrogen-bond donors (Lipinski definition) is 1. The van der Waals surface area contributed by atoms with Crippen molar-refractivity contribution in [2.75, 3.05) is 18.1 Å². The van der Waals surface area contributed by atoms with Crippen molar-refractivity contribution in [1.29, 1.82) is 0 Å². The highest BCUT2D eigenvalue weighted by Crippen LogP contribution is 2.39. The van der Waals surface area contributed by atoms with Gasteiger partial charge in [0.05, 0.1) is 12.2 Å². The number of carbonyl (C=O) groups is 1. The lowest BCUT2D eigenvalue weighted by Crippen LogP contribution is -2.14. The standard InChI is InChI=1S/C16H14ClNO2S/c17-11-5-6-13(14(18)7-11)16(19)20-8-10-9-21-15-4-2-1-3-12(10)15/h1-7,10H,8-9,18H2. The van der Waals surface area contributed by atoms with Gasteiger partial charge in [-0.05, 0) is 29.8 Å². The summed E-state index contributed by atoms with van der Waals surface area (Å²) in [6, 6.07) is 13.0. The van der Waals surface area contributed by atoms with E-state index in [-0.39, 0.29) is 5.92 Å². The maximum atomic E-state index is 12.1. The first-order chi connectivity index (χ1) is 10.1. The summed E-state index contributed by atoms with van der Waals surface area (Å²) < 4.78 is 5.41. The third kappa shape index (κ3) is 3.01. The van der Waals surface area contributed by atoms with E-state index in [1.165, 1.54) is 10.5 Å². The zero-order chi connectivity index (χ0) is 14.8. The Kier molecular flexibility index (Phi) is 4.08. The molecule has 2 aromatic carbocycles. The molecule has 108 valence electrons. The first-order valence-electron chi connectivity index (χ1n) is 6.59. The van der Waals surface area contributed by atoms with Gasteiger partial charge in [-0.2, -0.15) is 0 Å². The van der Waals surface area contributed by atoms with E-state index < -0.39 is 5.97 Å². The Morgan fingerprint density at radius 1 is 1.33 bits per heavy atom. The summed E-state index contributed by atoms with van der Waals surface area (Å²) in [5.74, 6) is 0.769. The molecule has 1 heterocycles. The first-order valence-corrected chi connectivity index (χ1v) is 7.95. The van der Waals surface area contributed by atoms with E-state index in [9.17, 15) is 4.79 Å². The van der Waals surface area contributed by atoms with Crippen molar-refractivity contribution in [2.45, 2.75) is 10.8 Å². The van der Waals surface area contributed by atoms with Gasteiger partial charge < -0.3 is 10.5 Å². The van der Waals surface area contributed by atoms with Gasteiger partial charge in [-0.15, -0.1) is 11.8 Å². The van der Waals surface area contributed by atoms with Gasteiger partial charge in [0.15, 0.2) is 0 Å². The van der Waals surface area contributed by atoms with Crippen molar-refractivity contribution in [1.82, 2.24) is 0 Å². The van der Waals surface area contributed by atoms with Gasteiger partial charge in [-0.25, -0.2) is 4.79 Å². The molecule has 0 fully saturated rings. The van der Waals surface area contributed by atoms with Crippen LogP contribution < -0.4 is 5.73 Å². The van der Waals surface area contributed by atoms with Gasteiger partial charge >= 0.3 is 5.97 Å². The maximum Gasteiger partial charge on any atom is 0.340 e. The quantitative estimate of drug-likeness (QED) is 0.687. The molecule has 2 aromatic rings. The van der Waals surface area contributed by atoms with Crippen molar-refractivity contribution < 1.29 is 9.53 Å². The second-order valence-electron chi connectivity index (χ2n) is 4.88. The van der Waals surface area contributed by atoms with E-state index in [4.69, 9.17) is 22.1 Å². The van der Waals surface area contributed by atoms with Crippen LogP contribution in [0, 0.1) is 0 Å². The second-order valence-corrected chi connectivity index (χ2v) is 6.37. The van der Waals surface area contributed by atoms with Crippen LogP contribution >= 0.6 is 23.4 Å². The molecule has 21 heavy (non-hydrogen) atoms. The van der Waals surface area contributed by atoms with Gasteiger partial charge in [0.2, 0.25) is 0 Å². The fraction of sp³-hybridized carbons (Fsp3) is 0.188. The average molecular weight is 320 g/mol. The molecule has 0 aromatic heterocycles. The number of anilines is 1. The molecule has 0 radical (unpaired) electrons. The van der Waals surface area contributed by atoms with E-state index in [0.717, 1.165) is 5.75 Å². The van der Waals surface area contributed by atoms with Crippen LogP contribution in [-0.4, -0.2) is 18.3 Å². The van der Waals surface area contributed by atoms with Gasteiger partial charge in [-0.1, -0.05) is 29.8 Å². The first kappa shape index (κ1) is 14.3. The van der Waals surface area contributed by atoms with Gasteiger partial charge in [-0.3, -0.25) is 0 Å². The molecule has 1 atom stereocenters. The van der Waals surface area contributed by atoms with E-state index >= 15 is 0 Å². The minimum Gasteiger partial charge on any atom is -0.461 e. The number of carbonyl (C=O) groups excluding carboxylic acids is 1. The zero-order valence-corrected chi connectivity index (χ0v) is 12.8. The minimum atomic E-state index is -0.404. The van der Waals surface area contributed by atoms with Crippen molar-refractivity contribution in [2.24, 2.45) is 0 Å². The van der Waals surface area contributed by atoms with E-state index in [2.05, 4.69) is 12.1 Å². The number of thioether (sulfide) groups is 1. The molecule has 0 amide bonds. The molecule has 0 saturated carbocycles. The number of esters is 1. The molecular weight excluding hydrogens is 306 g/mol. The number of ether oxygens (including phenoxy) is 1. The number of rotatable bonds is 3. The third-order valence-electron chi connectivity index (χ3n) is 3.45. The highest BCUT2D eigenvalue weighted by Gasteiger charge is 2.24. The summed E-state index contributed by atoms with van der Waals surface area (Å²) in [5, 5.41) is 0.505. The fourth-order valence-corrected chi connectivity index (χ4v) is 3.75. The third-order valence-corrected chi connectivity index (χ3v) is 4.93. The SMILES string of the molecule is Nc1cc(Cl)ccc1C(=O)OCC1CSc2ccccc21. The number of benzene rings is 2. The topological polar surface area (TPSA) is 52.3 Å². The van der Waals surface area contributed by atoms with Crippen LogP contribution in [0.4, 0.5) is 5.69 Å². The molecule has 0 saturated heterocycles. The average Bonchev–Trinajstić information content (AvgIpc) is 2.88. The molecule has 1 aliphatic heterocycles. The Labute approximate surface area is 132 Å². The highest BCUT2D eigenvalue weighted by molar-refractivity contribution is 7.99. The monoisotopic (exact) mass is 319 g/mol. The van der Waals surface area contributed by atoms with Crippen molar-refractivity contribution >= 4 is 35.0 Å². The summed E-state index contributed by atoms with van der Waals surface area (Å²) in [5.41, 5.74) is 7.74. The Morgan fingerprint density at radius 2 is 2.14 bits per heavy atom. The molecule has 5 heteroatoms. The second kappa shape index (κ2) is 6.00. The molecule has 1 unspecified atom stereocenters. The molecular formula is C16H14ClNO2S. The number of halogens is 1. The predicted octanol–water partition coefficient (Wildman–Crippen LogP) is 3.97. The van der Waals surface area contributed by atoms with E-state index in [1.54, 1.807) is 30.0 Å². The maximum absolute atomic E-state index is 12.1. The fourth-order valence-electron chi connectivity index (χ4n) is 2.34. The van der Waals surface area contributed by atoms with Crippen LogP contribution in [0.5, 0.6) is 0 Å². The lowest BCUT2D eigenvalue weighted by molar-refractivity contribution is 0.0488. The van der Waals surface area contributed by atoms with Crippen LogP contribution in [0.1, 0.15) is 21.8 Å². The van der Waals surface area contributed by atoms with Gasteiger partial charge in [0.25, 0.3) is 0 Å². The Hall–Kier alpha value is -1.65. The number of hydrogen-bond acceptors (Lipinski definition) is 4. The molecule has 2 N–H and O–H groups in total. The number of nitrogen functional groups attached to an aromatic ring is 1. The Morgan fingerprint density at radius 3 is 2.95 bits per heavy atom. The molecule has 3 nitrogen and oxygen atoms in total. The van der Waals surface area contributed by atoms with Gasteiger partial charge in [0, 0.05) is 27.3 Å². The largest absolute Gasteiger partial charge is 0.461 e. The predicted molar refractivity (Wildman–Crippen MR) is 86.1 cm³/mol. The Bertz CT molecular complexity index is 690. The van der Waals surface area contributed by atoms with Crippen LogP contribution in [0.15, 0.2) is 47.4 Å². The van der Waals surface area contributed by atoms with E-state index in [1.807, 2.05) is 12.1 Å². The molecule has 3 rings (SSSR count). The van der Waals surface area contributed by atoms with Crippen molar-refractivity contribution in [3.8, 4) is 0 Å². The molecule has 0 spiro atoms. The number of fused-ring (bicyclic) bond motifs is 1. The Balaban J connectivity index is 1.67. The molecule has 1 aliphatic rings. The smallest absolute Gasteiger partial charge is 0.340 e. The van der Waals surface area contributed by atoms with Gasteiger partial charge in [0.1, 0.15) is 0 Å². The summed E-state index contributed by atoms with van der Waals surface area (Å²) >= 11 is 7.62. The summed E-state index contributed by atoms with van der Waals surface area (Å²) in [4.78, 5) is 13.4. The summed E-state index contributed by atoms with van der Waals surface area (Å²) in [6.07, 6.45) is 0. The van der Waals surface area contributed by atoms with Crippen LogP contribution in [0.2, 0.25) is 5.02 Å². The lowest BCUT2D eigenvalue weighted by atomic mass is 10.0. The van der Waals surface area contributed by atoms with Crippen LogP contribution in [-0.2, 0) is 4.74 Å². The number of nitrogens with two attached hydrogens (primary N) is 1. The molecule has 0 bridgehead atoms. The normalized spacial score (nSPS) is 16.5. The van der Waals surface area contributed by atoms with Crippen LogP contribution in [0.25, 0.3) is 0 Å². The zero-order valence-electron chi connectivity index (χ0n) is 11.2. The van der Waals surface area contributed by atoms with Crippen molar-refractivity contribution in [3.63, 3.8) is 0 Å². The summed E-state index contributed by atoms with van der Waals surface area (Å²) in [7, 11) is 0. The highest BCUT2D eigenvalue weighted by atomic mass is 35.5.